The fraction of sp³-hybridized carbons (Fsp3) is 0.280. The Bertz CT molecular complexity index is 1350. The van der Waals surface area contributed by atoms with Gasteiger partial charge in [-0.1, -0.05) is 17.7 Å². The van der Waals surface area contributed by atoms with Crippen molar-refractivity contribution in [2.75, 3.05) is 22.8 Å². The van der Waals surface area contributed by atoms with E-state index in [4.69, 9.17) is 4.74 Å². The summed E-state index contributed by atoms with van der Waals surface area (Å²) in [4.78, 5) is 26.6. The first-order chi connectivity index (χ1) is 16.7. The molecule has 0 spiro atoms. The van der Waals surface area contributed by atoms with E-state index < -0.39 is 34.3 Å². The van der Waals surface area contributed by atoms with Crippen LogP contribution in [0.3, 0.4) is 0 Å². The second-order valence-electron chi connectivity index (χ2n) is 8.13. The molecule has 0 unspecified atom stereocenters. The highest BCUT2D eigenvalue weighted by Gasteiger charge is 2.31. The van der Waals surface area contributed by atoms with Gasteiger partial charge in [-0.25, -0.2) is 17.6 Å². The van der Waals surface area contributed by atoms with Gasteiger partial charge in [0.05, 0.1) is 22.8 Å². The number of fused-ring (bicyclic) bond motifs is 1. The first-order valence-electron chi connectivity index (χ1n) is 11.2. The summed E-state index contributed by atoms with van der Waals surface area (Å²) in [6, 6.07) is 11.1. The molecule has 1 heterocycles. The number of carbonyl (C=O) groups excluding carboxylic acids is 2. The second-order valence-corrected chi connectivity index (χ2v) is 11.1. The van der Waals surface area contributed by atoms with E-state index in [2.05, 4.69) is 5.32 Å². The van der Waals surface area contributed by atoms with Gasteiger partial charge in [-0.3, -0.25) is 9.10 Å². The molecule has 184 valence electrons. The van der Waals surface area contributed by atoms with Crippen molar-refractivity contribution < 1.29 is 27.1 Å². The van der Waals surface area contributed by atoms with E-state index in [9.17, 15) is 22.4 Å². The van der Waals surface area contributed by atoms with Gasteiger partial charge >= 0.3 is 5.97 Å². The number of rotatable bonds is 8. The minimum atomic E-state index is -4.18. The number of nitrogens with zero attached hydrogens (tertiary/aromatic N) is 1. The first-order valence-corrected chi connectivity index (χ1v) is 13.4. The van der Waals surface area contributed by atoms with Crippen LogP contribution in [0.1, 0.15) is 39.7 Å². The highest BCUT2D eigenvalue weighted by Crippen LogP contribution is 2.39. The van der Waals surface area contributed by atoms with Crippen LogP contribution < -0.4 is 9.62 Å². The topological polar surface area (TPSA) is 92.8 Å². The summed E-state index contributed by atoms with van der Waals surface area (Å²) in [7, 11) is -4.18. The van der Waals surface area contributed by atoms with Gasteiger partial charge in [0, 0.05) is 4.88 Å². The number of esters is 1. The Balaban J connectivity index is 1.66. The van der Waals surface area contributed by atoms with Gasteiger partial charge in [0.1, 0.15) is 17.4 Å². The standard InChI is InChI=1S/C25H25FN2O5S2/c1-3-33-25(30)23-20-5-4-6-21(20)34-24(23)27-22(29)15-28(18-11-7-16(2)8-12-18)35(31,32)19-13-9-17(26)10-14-19/h7-14H,3-6,15H2,1-2H3,(H,27,29). The van der Waals surface area contributed by atoms with Gasteiger partial charge in [-0.05, 0) is 75.1 Å². The Kier molecular flexibility index (Phi) is 7.23. The number of ether oxygens (including phenoxy) is 1. The van der Waals surface area contributed by atoms with E-state index in [1.807, 2.05) is 6.92 Å². The molecule has 4 rings (SSSR count). The second kappa shape index (κ2) is 10.2. The molecule has 1 aromatic heterocycles. The fourth-order valence-electron chi connectivity index (χ4n) is 3.97. The summed E-state index contributed by atoms with van der Waals surface area (Å²) in [5, 5.41) is 3.10. The number of aryl methyl sites for hydroxylation is 2. The molecule has 0 saturated carbocycles. The molecule has 0 aliphatic heterocycles. The zero-order valence-corrected chi connectivity index (χ0v) is 21.0. The van der Waals surface area contributed by atoms with Gasteiger partial charge in [0.25, 0.3) is 10.0 Å². The van der Waals surface area contributed by atoms with Crippen LogP contribution in [-0.2, 0) is 32.4 Å². The number of hydrogen-bond donors (Lipinski definition) is 1. The van der Waals surface area contributed by atoms with Crippen molar-refractivity contribution in [3.8, 4) is 0 Å². The number of thiophene rings is 1. The van der Waals surface area contributed by atoms with E-state index in [0.29, 0.717) is 10.6 Å². The number of benzene rings is 2. The maximum Gasteiger partial charge on any atom is 0.341 e. The predicted octanol–water partition coefficient (Wildman–Crippen LogP) is 4.70. The normalized spacial score (nSPS) is 12.8. The molecule has 10 heteroatoms. The molecule has 0 saturated heterocycles. The van der Waals surface area contributed by atoms with Crippen LogP contribution in [-0.4, -0.2) is 33.4 Å². The van der Waals surface area contributed by atoms with Gasteiger partial charge in [0.2, 0.25) is 5.91 Å². The largest absolute Gasteiger partial charge is 0.462 e. The highest BCUT2D eigenvalue weighted by molar-refractivity contribution is 7.92. The Hall–Kier alpha value is -3.24. The molecule has 35 heavy (non-hydrogen) atoms. The van der Waals surface area contributed by atoms with Crippen molar-refractivity contribution in [1.29, 1.82) is 0 Å². The summed E-state index contributed by atoms with van der Waals surface area (Å²) in [6.07, 6.45) is 2.47. The summed E-state index contributed by atoms with van der Waals surface area (Å²) in [5.41, 5.74) is 2.44. The summed E-state index contributed by atoms with van der Waals surface area (Å²) in [6.45, 7) is 3.24. The van der Waals surface area contributed by atoms with Crippen LogP contribution in [0.4, 0.5) is 15.1 Å². The lowest BCUT2D eigenvalue weighted by atomic mass is 10.1. The van der Waals surface area contributed by atoms with Gasteiger partial charge in [-0.2, -0.15) is 0 Å². The van der Waals surface area contributed by atoms with Crippen molar-refractivity contribution in [1.82, 2.24) is 0 Å². The molecule has 0 fully saturated rings. The van der Waals surface area contributed by atoms with Crippen LogP contribution in [0, 0.1) is 12.7 Å². The molecule has 0 atom stereocenters. The Morgan fingerprint density at radius 1 is 1.09 bits per heavy atom. The summed E-state index contributed by atoms with van der Waals surface area (Å²) in [5.74, 6) is -1.68. The molecule has 0 bridgehead atoms. The molecular formula is C25H25FN2O5S2. The third-order valence-electron chi connectivity index (χ3n) is 5.66. The van der Waals surface area contributed by atoms with Crippen molar-refractivity contribution >= 4 is 43.9 Å². The maximum absolute atomic E-state index is 13.4. The number of nitrogens with one attached hydrogen (secondary N) is 1. The van der Waals surface area contributed by atoms with Crippen molar-refractivity contribution in [3.63, 3.8) is 0 Å². The highest BCUT2D eigenvalue weighted by atomic mass is 32.2. The average molecular weight is 517 g/mol. The number of amides is 1. The van der Waals surface area contributed by atoms with Crippen LogP contribution in [0.15, 0.2) is 53.4 Å². The average Bonchev–Trinajstić information content (AvgIpc) is 3.39. The molecule has 3 aromatic rings. The minimum absolute atomic E-state index is 0.144. The van der Waals surface area contributed by atoms with Crippen molar-refractivity contribution in [2.45, 2.75) is 38.0 Å². The van der Waals surface area contributed by atoms with E-state index in [-0.39, 0.29) is 17.2 Å². The lowest BCUT2D eigenvalue weighted by Gasteiger charge is -2.24. The molecule has 1 aliphatic carbocycles. The zero-order valence-electron chi connectivity index (χ0n) is 19.3. The molecule has 7 nitrogen and oxygen atoms in total. The van der Waals surface area contributed by atoms with Crippen LogP contribution >= 0.6 is 11.3 Å². The molecule has 1 aliphatic rings. The molecule has 1 N–H and O–H groups in total. The minimum Gasteiger partial charge on any atom is -0.462 e. The third kappa shape index (κ3) is 5.23. The SMILES string of the molecule is CCOC(=O)c1c(NC(=O)CN(c2ccc(C)cc2)S(=O)(=O)c2ccc(F)cc2)sc2c1CCC2. The quantitative estimate of drug-likeness (QED) is 0.439. The van der Waals surface area contributed by atoms with Gasteiger partial charge in [-0.15, -0.1) is 11.3 Å². The monoisotopic (exact) mass is 516 g/mol. The summed E-state index contributed by atoms with van der Waals surface area (Å²) >= 11 is 1.32. The van der Waals surface area contributed by atoms with Crippen molar-refractivity contribution in [3.05, 3.63) is 75.9 Å². The maximum atomic E-state index is 13.4. The van der Waals surface area contributed by atoms with Gasteiger partial charge < -0.3 is 10.1 Å². The Labute approximate surface area is 207 Å². The molecule has 0 radical (unpaired) electrons. The van der Waals surface area contributed by atoms with E-state index in [1.54, 1.807) is 31.2 Å². The number of anilines is 2. The smallest absolute Gasteiger partial charge is 0.341 e. The third-order valence-corrected chi connectivity index (χ3v) is 8.66. The zero-order chi connectivity index (χ0) is 25.2. The Morgan fingerprint density at radius 3 is 2.43 bits per heavy atom. The fourth-order valence-corrected chi connectivity index (χ4v) is 6.68. The van der Waals surface area contributed by atoms with E-state index in [1.165, 1.54) is 11.3 Å². The molecular weight excluding hydrogens is 491 g/mol. The lowest BCUT2D eigenvalue weighted by Crippen LogP contribution is -2.38. The molecule has 1 amide bonds. The lowest BCUT2D eigenvalue weighted by molar-refractivity contribution is -0.114. The van der Waals surface area contributed by atoms with Crippen molar-refractivity contribution in [2.24, 2.45) is 0 Å². The number of hydrogen-bond acceptors (Lipinski definition) is 6. The van der Waals surface area contributed by atoms with Crippen LogP contribution in [0.2, 0.25) is 0 Å². The van der Waals surface area contributed by atoms with Gasteiger partial charge in [0.15, 0.2) is 0 Å². The first kappa shape index (κ1) is 24.9. The van der Waals surface area contributed by atoms with Crippen LogP contribution in [0.5, 0.6) is 0 Å². The van der Waals surface area contributed by atoms with E-state index >= 15 is 0 Å². The van der Waals surface area contributed by atoms with Crippen LogP contribution in [0.25, 0.3) is 0 Å². The predicted molar refractivity (Wildman–Crippen MR) is 133 cm³/mol. The number of halogens is 1. The molecule has 2 aromatic carbocycles. The van der Waals surface area contributed by atoms with E-state index in [0.717, 1.165) is 63.8 Å². The number of sulfonamides is 1. The Morgan fingerprint density at radius 2 is 1.77 bits per heavy atom. The summed E-state index contributed by atoms with van der Waals surface area (Å²) < 4.78 is 46.5. The number of carbonyl (C=O) groups is 2.